The second-order valence-electron chi connectivity index (χ2n) is 11.3. The molecule has 0 radical (unpaired) electrons. The van der Waals surface area contributed by atoms with Crippen LogP contribution < -0.4 is 15.5 Å². The first-order valence-electron chi connectivity index (χ1n) is 13.8. The molecule has 2 amide bonds. The van der Waals surface area contributed by atoms with E-state index in [-0.39, 0.29) is 31.7 Å². The number of nitrogens with one attached hydrogen (secondary N) is 2. The van der Waals surface area contributed by atoms with E-state index < -0.39 is 52.0 Å². The second kappa shape index (κ2) is 13.4. The lowest BCUT2D eigenvalue weighted by Gasteiger charge is -2.40. The van der Waals surface area contributed by atoms with Crippen molar-refractivity contribution in [2.45, 2.75) is 57.7 Å². The van der Waals surface area contributed by atoms with E-state index in [4.69, 9.17) is 4.74 Å². The number of nitrogens with zero attached hydrogens (tertiary/aromatic N) is 2. The smallest absolute Gasteiger partial charge is 0.493 e. The average molecular weight is 635 g/mol. The van der Waals surface area contributed by atoms with Crippen molar-refractivity contribution in [1.29, 1.82) is 0 Å². The highest BCUT2D eigenvalue weighted by atomic mass is 32.2. The summed E-state index contributed by atoms with van der Waals surface area (Å²) >= 11 is -1.49. The minimum absolute atomic E-state index is 0.0264. The van der Waals surface area contributed by atoms with Crippen LogP contribution in [0.25, 0.3) is 10.9 Å². The molecule has 3 aromatic rings. The molecule has 4 rings (SSSR count). The minimum Gasteiger partial charge on any atom is -0.597 e. The number of rotatable bonds is 7. The summed E-state index contributed by atoms with van der Waals surface area (Å²) in [5.74, 6) is -4.71. The van der Waals surface area contributed by atoms with Gasteiger partial charge in [-0.1, -0.05) is 18.2 Å². The van der Waals surface area contributed by atoms with Gasteiger partial charge in [0, 0.05) is 40.1 Å². The quantitative estimate of drug-likeness (QED) is 0.293. The van der Waals surface area contributed by atoms with Gasteiger partial charge in [-0.15, -0.1) is 4.31 Å². The van der Waals surface area contributed by atoms with Crippen molar-refractivity contribution in [3.8, 4) is 5.75 Å². The van der Waals surface area contributed by atoms with Gasteiger partial charge in [0.05, 0.1) is 24.0 Å². The zero-order valence-electron chi connectivity index (χ0n) is 24.6. The number of benzene rings is 2. The summed E-state index contributed by atoms with van der Waals surface area (Å²) in [5.41, 5.74) is 4.45. The number of carbonyl (C=O) groups excluding carboxylic acids is 3. The van der Waals surface area contributed by atoms with Crippen LogP contribution in [0.1, 0.15) is 48.8 Å². The molecule has 2 aromatic carbocycles. The fraction of sp³-hybridized carbons (Fsp3) is 0.400. The Balaban J connectivity index is 1.44. The molecule has 236 valence electrons. The lowest BCUT2D eigenvalue weighted by molar-refractivity contribution is -0.208. The van der Waals surface area contributed by atoms with Gasteiger partial charge in [0.25, 0.3) is 11.8 Å². The number of alkyl halides is 3. The molecule has 3 atom stereocenters. The summed E-state index contributed by atoms with van der Waals surface area (Å²) in [6, 6.07) is 15.0. The molecule has 1 fully saturated rings. The number of fused-ring (bicyclic) bond motifs is 1. The van der Waals surface area contributed by atoms with Gasteiger partial charge in [-0.05, 0) is 70.5 Å². The largest absolute Gasteiger partial charge is 0.597 e. The third-order valence-corrected chi connectivity index (χ3v) is 8.75. The molecule has 2 N–H and O–H groups in total. The first kappa shape index (κ1) is 33.0. The van der Waals surface area contributed by atoms with Crippen LogP contribution in [0.3, 0.4) is 0 Å². The van der Waals surface area contributed by atoms with Crippen LogP contribution in [0.5, 0.6) is 5.75 Å². The van der Waals surface area contributed by atoms with E-state index in [0.29, 0.717) is 5.75 Å². The Labute approximate surface area is 255 Å². The second-order valence-corrected chi connectivity index (χ2v) is 13.6. The summed E-state index contributed by atoms with van der Waals surface area (Å²) in [4.78, 5) is 45.5. The summed E-state index contributed by atoms with van der Waals surface area (Å²) in [6.07, 6.45) is -5.26. The SMILES string of the molecule is Cc1cc(COc2ccc(C(=O)N[C@@H]3CN([S+]([O-])C(C)(C)C)CC[C@@H]3C(=O)NOC(=O)C(F)(F)F)cc2)c2ccccc2n1. The van der Waals surface area contributed by atoms with E-state index in [2.05, 4.69) is 15.1 Å². The van der Waals surface area contributed by atoms with Gasteiger partial charge >= 0.3 is 12.1 Å². The number of piperidine rings is 1. The van der Waals surface area contributed by atoms with Crippen molar-refractivity contribution in [3.05, 3.63) is 71.4 Å². The zero-order valence-corrected chi connectivity index (χ0v) is 25.4. The van der Waals surface area contributed by atoms with Crippen LogP contribution in [0.15, 0.2) is 54.6 Å². The number of ether oxygens (including phenoxy) is 1. The Kier molecular flexibility index (Phi) is 10.1. The van der Waals surface area contributed by atoms with E-state index >= 15 is 0 Å². The Hall–Kier alpha value is -3.88. The zero-order chi connectivity index (χ0) is 32.2. The van der Waals surface area contributed by atoms with Gasteiger partial charge in [-0.3, -0.25) is 14.6 Å². The standard InChI is InChI=1S/C30H33F3N4O6S/c1-18-15-20(22-7-5-6-8-24(22)34-18)17-42-21-11-9-19(10-12-21)26(38)35-25-16-37(44(41)29(2,3)4)14-13-23(25)27(39)36-43-28(40)30(31,32)33/h5-12,15,23,25H,13-14,16-17H2,1-4H3,(H,35,38)(H,36,39)/t23-,25+,44?/m0/s1. The van der Waals surface area contributed by atoms with Crippen molar-refractivity contribution in [2.75, 3.05) is 13.1 Å². The molecule has 0 aliphatic carbocycles. The Morgan fingerprint density at radius 1 is 1.09 bits per heavy atom. The first-order valence-corrected chi connectivity index (χ1v) is 14.9. The number of hydrogen-bond acceptors (Lipinski definition) is 8. The van der Waals surface area contributed by atoms with Crippen LogP contribution in [0, 0.1) is 12.8 Å². The highest BCUT2D eigenvalue weighted by Crippen LogP contribution is 2.28. The van der Waals surface area contributed by atoms with Gasteiger partial charge in [0.1, 0.15) is 17.1 Å². The highest BCUT2D eigenvalue weighted by Gasteiger charge is 2.45. The van der Waals surface area contributed by atoms with Crippen molar-refractivity contribution >= 4 is 40.0 Å². The first-order chi connectivity index (χ1) is 20.6. The Morgan fingerprint density at radius 3 is 2.43 bits per heavy atom. The number of aryl methyl sites for hydroxylation is 1. The lowest BCUT2D eigenvalue weighted by atomic mass is 9.91. The van der Waals surface area contributed by atoms with Crippen molar-refractivity contribution in [1.82, 2.24) is 20.1 Å². The number of para-hydroxylation sites is 1. The van der Waals surface area contributed by atoms with Gasteiger partial charge in [-0.2, -0.15) is 18.7 Å². The van der Waals surface area contributed by atoms with Crippen molar-refractivity contribution < 1.29 is 41.7 Å². The molecule has 0 saturated carbocycles. The number of aromatic nitrogens is 1. The number of halogens is 3. The third-order valence-electron chi connectivity index (χ3n) is 6.90. The predicted octanol–water partition coefficient (Wildman–Crippen LogP) is 4.14. The van der Waals surface area contributed by atoms with E-state index in [0.717, 1.165) is 22.2 Å². The minimum atomic E-state index is -5.30. The molecule has 1 unspecified atom stereocenters. The van der Waals surface area contributed by atoms with Crippen LogP contribution >= 0.6 is 0 Å². The molecule has 1 aliphatic heterocycles. The van der Waals surface area contributed by atoms with E-state index in [1.165, 1.54) is 12.1 Å². The van der Waals surface area contributed by atoms with Gasteiger partial charge in [0.2, 0.25) is 0 Å². The maximum absolute atomic E-state index is 13.2. The topological polar surface area (TPSA) is 133 Å². The van der Waals surface area contributed by atoms with Crippen LogP contribution in [0.2, 0.25) is 0 Å². The maximum atomic E-state index is 13.2. The van der Waals surface area contributed by atoms with Crippen LogP contribution in [-0.4, -0.2) is 61.7 Å². The summed E-state index contributed by atoms with van der Waals surface area (Å²) < 4.78 is 57.6. The van der Waals surface area contributed by atoms with E-state index in [1.54, 1.807) is 42.7 Å². The molecule has 0 spiro atoms. The molecule has 2 heterocycles. The van der Waals surface area contributed by atoms with Crippen molar-refractivity contribution in [3.63, 3.8) is 0 Å². The lowest BCUT2D eigenvalue weighted by Crippen LogP contribution is -2.59. The maximum Gasteiger partial charge on any atom is 0.493 e. The van der Waals surface area contributed by atoms with Crippen LogP contribution in [0.4, 0.5) is 13.2 Å². The number of pyridine rings is 1. The highest BCUT2D eigenvalue weighted by molar-refractivity contribution is 7.90. The number of hydrogen-bond donors (Lipinski definition) is 2. The molecular weight excluding hydrogens is 601 g/mol. The molecule has 14 heteroatoms. The fourth-order valence-electron chi connectivity index (χ4n) is 4.78. The fourth-order valence-corrected chi connectivity index (χ4v) is 6.12. The van der Waals surface area contributed by atoms with E-state index in [1.807, 2.05) is 37.3 Å². The molecule has 1 saturated heterocycles. The van der Waals surface area contributed by atoms with Gasteiger partial charge < -0.3 is 19.4 Å². The van der Waals surface area contributed by atoms with E-state index in [9.17, 15) is 32.1 Å². The normalized spacial score (nSPS) is 18.4. The monoisotopic (exact) mass is 634 g/mol. The van der Waals surface area contributed by atoms with Gasteiger partial charge in [-0.25, -0.2) is 4.79 Å². The molecule has 44 heavy (non-hydrogen) atoms. The Bertz CT molecular complexity index is 1510. The number of carbonyl (C=O) groups is 3. The van der Waals surface area contributed by atoms with Crippen molar-refractivity contribution in [2.24, 2.45) is 5.92 Å². The number of amides is 2. The summed E-state index contributed by atoms with van der Waals surface area (Å²) in [5, 5.41) is 3.71. The molecular formula is C30H33F3N4O6S. The van der Waals surface area contributed by atoms with Crippen LogP contribution in [-0.2, 0) is 32.4 Å². The molecule has 10 nitrogen and oxygen atoms in total. The summed E-state index contributed by atoms with van der Waals surface area (Å²) in [6.45, 7) is 7.63. The third kappa shape index (κ3) is 8.18. The predicted molar refractivity (Wildman–Crippen MR) is 156 cm³/mol. The van der Waals surface area contributed by atoms with Gasteiger partial charge in [0.15, 0.2) is 0 Å². The summed E-state index contributed by atoms with van der Waals surface area (Å²) in [7, 11) is 0. The Morgan fingerprint density at radius 2 is 1.77 bits per heavy atom. The average Bonchev–Trinajstić information content (AvgIpc) is 2.97. The number of hydroxylamine groups is 1. The molecule has 1 aliphatic rings. The molecule has 0 bridgehead atoms. The molecule has 1 aromatic heterocycles.